The Balaban J connectivity index is 4.36. The first-order valence-electron chi connectivity index (χ1n) is 8.66. The maximum atomic E-state index is 11.9. The van der Waals surface area contributed by atoms with Crippen LogP contribution in [0.4, 0.5) is 0 Å². The van der Waals surface area contributed by atoms with E-state index in [0.717, 1.165) is 0 Å². The van der Waals surface area contributed by atoms with Crippen LogP contribution in [0.15, 0.2) is 0 Å². The Bertz CT molecular complexity index is 497. The summed E-state index contributed by atoms with van der Waals surface area (Å²) in [6, 6.07) is -2.65. The van der Waals surface area contributed by atoms with Gasteiger partial charge in [0.1, 0.15) is 12.1 Å². The van der Waals surface area contributed by atoms with Gasteiger partial charge < -0.3 is 32.5 Å². The average Bonchev–Trinajstić information content (AvgIpc) is 2.57. The topological polar surface area (TPSA) is 177 Å². The van der Waals surface area contributed by atoms with E-state index in [1.807, 2.05) is 0 Å². The van der Waals surface area contributed by atoms with E-state index in [1.54, 1.807) is 13.8 Å². The van der Waals surface area contributed by atoms with Crippen LogP contribution in [0, 0.1) is 5.92 Å². The molecule has 3 amide bonds. The van der Waals surface area contributed by atoms with Crippen LogP contribution in [0.1, 0.15) is 40.0 Å². The Morgan fingerprint density at radius 3 is 2.12 bits per heavy atom. The molecule has 0 aliphatic rings. The van der Waals surface area contributed by atoms with Gasteiger partial charge in [0.15, 0.2) is 0 Å². The summed E-state index contributed by atoms with van der Waals surface area (Å²) in [4.78, 5) is 46.7. The molecule has 150 valence electrons. The lowest BCUT2D eigenvalue weighted by molar-refractivity contribution is -0.142. The summed E-state index contributed by atoms with van der Waals surface area (Å²) in [5.74, 6) is -2.89. The molecule has 0 aromatic carbocycles. The van der Waals surface area contributed by atoms with Crippen molar-refractivity contribution in [2.24, 2.45) is 17.4 Å². The summed E-state index contributed by atoms with van der Waals surface area (Å²) in [6.45, 7) is 5.08. The Hall–Kier alpha value is -2.20. The number of nitrogens with one attached hydrogen (secondary N) is 3. The molecule has 0 heterocycles. The van der Waals surface area contributed by atoms with E-state index < -0.39 is 48.4 Å². The largest absolute Gasteiger partial charge is 0.480 e. The van der Waals surface area contributed by atoms with Gasteiger partial charge in [-0.15, -0.1) is 0 Å². The van der Waals surface area contributed by atoms with Crippen molar-refractivity contribution in [1.82, 2.24) is 16.0 Å². The van der Waals surface area contributed by atoms with Crippen molar-refractivity contribution in [3.63, 3.8) is 0 Å². The smallest absolute Gasteiger partial charge is 0.326 e. The number of unbranched alkanes of at least 4 members (excludes halogenated alkanes) is 1. The molecule has 8 N–H and O–H groups in total. The maximum absolute atomic E-state index is 11.9. The van der Waals surface area contributed by atoms with Gasteiger partial charge in [0.05, 0.1) is 12.6 Å². The third-order valence-electron chi connectivity index (χ3n) is 3.78. The fraction of sp³-hybridized carbons (Fsp3) is 0.750. The minimum atomic E-state index is -1.15. The predicted octanol–water partition coefficient (Wildman–Crippen LogP) is -1.71. The summed E-state index contributed by atoms with van der Waals surface area (Å²) >= 11 is 0. The molecule has 26 heavy (non-hydrogen) atoms. The molecule has 0 aromatic heterocycles. The Labute approximate surface area is 153 Å². The molecule has 0 fully saturated rings. The van der Waals surface area contributed by atoms with E-state index in [1.165, 1.54) is 6.92 Å². The van der Waals surface area contributed by atoms with E-state index in [-0.39, 0.29) is 12.3 Å². The number of amides is 3. The molecule has 0 radical (unpaired) electrons. The Morgan fingerprint density at radius 2 is 1.62 bits per heavy atom. The number of carbonyl (C=O) groups is 4. The number of rotatable bonds is 12. The molecule has 0 aromatic rings. The second-order valence-electron chi connectivity index (χ2n) is 6.46. The molecular weight excluding hydrogens is 342 g/mol. The normalized spacial score (nSPS) is 14.2. The van der Waals surface area contributed by atoms with Crippen LogP contribution in [0.2, 0.25) is 0 Å². The minimum Gasteiger partial charge on any atom is -0.480 e. The standard InChI is InChI=1S/C16H31N5O5/c1-9(2)13(18)15(24)20-10(3)14(23)19-8-12(22)21-11(16(25)26)6-4-5-7-17/h9-11,13H,4-8,17-18H2,1-3H3,(H,19,23)(H,20,24)(H,21,22)(H,25,26). The summed E-state index contributed by atoms with van der Waals surface area (Å²) in [6.07, 6.45) is 1.48. The third kappa shape index (κ3) is 9.33. The van der Waals surface area contributed by atoms with Crippen molar-refractivity contribution in [3.8, 4) is 0 Å². The van der Waals surface area contributed by atoms with Gasteiger partial charge in [-0.1, -0.05) is 13.8 Å². The fourth-order valence-electron chi connectivity index (χ4n) is 1.99. The maximum Gasteiger partial charge on any atom is 0.326 e. The predicted molar refractivity (Wildman–Crippen MR) is 95.9 cm³/mol. The van der Waals surface area contributed by atoms with Crippen LogP contribution in [0.3, 0.4) is 0 Å². The van der Waals surface area contributed by atoms with Crippen molar-refractivity contribution in [2.45, 2.75) is 58.2 Å². The molecule has 0 aliphatic carbocycles. The lowest BCUT2D eigenvalue weighted by Gasteiger charge is -2.19. The Morgan fingerprint density at radius 1 is 1.00 bits per heavy atom. The van der Waals surface area contributed by atoms with Crippen LogP contribution in [0.25, 0.3) is 0 Å². The highest BCUT2D eigenvalue weighted by Gasteiger charge is 2.23. The molecule has 10 nitrogen and oxygen atoms in total. The first kappa shape index (κ1) is 23.8. The SMILES string of the molecule is CC(NC(=O)C(N)C(C)C)C(=O)NCC(=O)NC(CCCCN)C(=O)O. The van der Waals surface area contributed by atoms with Gasteiger partial charge in [0.25, 0.3) is 0 Å². The third-order valence-corrected chi connectivity index (χ3v) is 3.78. The zero-order valence-electron chi connectivity index (χ0n) is 15.6. The zero-order chi connectivity index (χ0) is 20.3. The average molecular weight is 373 g/mol. The van der Waals surface area contributed by atoms with Crippen LogP contribution >= 0.6 is 0 Å². The number of carboxylic acids is 1. The summed E-state index contributed by atoms with van der Waals surface area (Å²) in [7, 11) is 0. The first-order chi connectivity index (χ1) is 12.1. The van der Waals surface area contributed by atoms with Gasteiger partial charge in [-0.2, -0.15) is 0 Å². The van der Waals surface area contributed by atoms with Gasteiger partial charge in [-0.05, 0) is 38.6 Å². The molecule has 0 saturated carbocycles. The van der Waals surface area contributed by atoms with Gasteiger partial charge in [0, 0.05) is 0 Å². The van der Waals surface area contributed by atoms with Gasteiger partial charge in [-0.3, -0.25) is 14.4 Å². The molecule has 0 bridgehead atoms. The van der Waals surface area contributed by atoms with E-state index >= 15 is 0 Å². The minimum absolute atomic E-state index is 0.0803. The van der Waals surface area contributed by atoms with E-state index in [2.05, 4.69) is 16.0 Å². The van der Waals surface area contributed by atoms with Gasteiger partial charge >= 0.3 is 5.97 Å². The number of hydrogen-bond acceptors (Lipinski definition) is 6. The van der Waals surface area contributed by atoms with Crippen molar-refractivity contribution in [3.05, 3.63) is 0 Å². The summed E-state index contributed by atoms with van der Waals surface area (Å²) < 4.78 is 0. The number of carbonyl (C=O) groups excluding carboxylic acids is 3. The van der Waals surface area contributed by atoms with Crippen LogP contribution < -0.4 is 27.4 Å². The quantitative estimate of drug-likeness (QED) is 0.221. The van der Waals surface area contributed by atoms with Crippen LogP contribution in [-0.2, 0) is 19.2 Å². The summed E-state index contributed by atoms with van der Waals surface area (Å²) in [5.41, 5.74) is 11.0. The number of nitrogens with two attached hydrogens (primary N) is 2. The highest BCUT2D eigenvalue weighted by Crippen LogP contribution is 2.01. The van der Waals surface area contributed by atoms with Crippen LogP contribution in [0.5, 0.6) is 0 Å². The summed E-state index contributed by atoms with van der Waals surface area (Å²) in [5, 5.41) is 16.2. The van der Waals surface area contributed by atoms with E-state index in [4.69, 9.17) is 16.6 Å². The first-order valence-corrected chi connectivity index (χ1v) is 8.66. The molecule has 0 saturated heterocycles. The molecule has 0 spiro atoms. The van der Waals surface area contributed by atoms with Crippen molar-refractivity contribution < 1.29 is 24.3 Å². The second kappa shape index (κ2) is 12.2. The number of aliphatic carboxylic acids is 1. The highest BCUT2D eigenvalue weighted by molar-refractivity contribution is 5.92. The van der Waals surface area contributed by atoms with E-state index in [9.17, 15) is 19.2 Å². The molecule has 0 rings (SSSR count). The van der Waals surface area contributed by atoms with E-state index in [0.29, 0.717) is 19.4 Å². The van der Waals surface area contributed by atoms with Gasteiger partial charge in [0.2, 0.25) is 17.7 Å². The van der Waals surface area contributed by atoms with Crippen molar-refractivity contribution in [2.75, 3.05) is 13.1 Å². The lowest BCUT2D eigenvalue weighted by Crippen LogP contribution is -2.53. The lowest BCUT2D eigenvalue weighted by atomic mass is 10.0. The highest BCUT2D eigenvalue weighted by atomic mass is 16.4. The monoisotopic (exact) mass is 373 g/mol. The molecule has 10 heteroatoms. The second-order valence-corrected chi connectivity index (χ2v) is 6.46. The number of hydrogen-bond donors (Lipinski definition) is 6. The molecule has 3 unspecified atom stereocenters. The number of carboxylic acid groups (broad SMARTS) is 1. The molecule has 3 atom stereocenters. The Kier molecular flexibility index (Phi) is 11.2. The van der Waals surface area contributed by atoms with Crippen molar-refractivity contribution in [1.29, 1.82) is 0 Å². The molecule has 0 aliphatic heterocycles. The van der Waals surface area contributed by atoms with Crippen molar-refractivity contribution >= 4 is 23.7 Å². The zero-order valence-corrected chi connectivity index (χ0v) is 15.6. The molecular formula is C16H31N5O5. The van der Waals surface area contributed by atoms with Gasteiger partial charge in [-0.25, -0.2) is 4.79 Å². The fourth-order valence-corrected chi connectivity index (χ4v) is 1.99. The van der Waals surface area contributed by atoms with Crippen LogP contribution in [-0.4, -0.2) is 60.0 Å².